The number of hydrogen-bond donors (Lipinski definition) is 1. The van der Waals surface area contributed by atoms with Crippen LogP contribution < -0.4 is 10.2 Å². The summed E-state index contributed by atoms with van der Waals surface area (Å²) in [4.78, 5) is 50.9. The van der Waals surface area contributed by atoms with E-state index in [1.807, 2.05) is 0 Å². The van der Waals surface area contributed by atoms with Gasteiger partial charge in [0.1, 0.15) is 0 Å². The molecule has 0 saturated carbocycles. The normalized spacial score (nSPS) is 12.5. The molecule has 1 aliphatic rings. The Morgan fingerprint density at radius 2 is 1.47 bits per heavy atom. The lowest BCUT2D eigenvalue weighted by molar-refractivity contribution is 0.0600. The highest BCUT2D eigenvalue weighted by molar-refractivity contribution is 6.42. The third-order valence-electron chi connectivity index (χ3n) is 4.87. The van der Waals surface area contributed by atoms with Crippen LogP contribution in [0.3, 0.4) is 0 Å². The molecule has 0 fully saturated rings. The molecule has 1 aliphatic heterocycles. The Morgan fingerprint density at radius 1 is 0.812 bits per heavy atom. The average molecular weight is 469 g/mol. The first kappa shape index (κ1) is 21.5. The number of rotatable bonds is 4. The molecule has 3 aromatic rings. The number of esters is 1. The van der Waals surface area contributed by atoms with Crippen LogP contribution in [-0.4, -0.2) is 30.8 Å². The van der Waals surface area contributed by atoms with Crippen molar-refractivity contribution in [3.8, 4) is 0 Å². The molecule has 3 aromatic carbocycles. The number of nitrogens with one attached hydrogen (secondary N) is 1. The number of ether oxygens (including phenoxy) is 1. The van der Waals surface area contributed by atoms with Gasteiger partial charge in [-0.25, -0.2) is 9.69 Å². The number of benzene rings is 3. The van der Waals surface area contributed by atoms with Gasteiger partial charge < -0.3 is 10.1 Å². The van der Waals surface area contributed by atoms with Crippen molar-refractivity contribution in [2.24, 2.45) is 0 Å². The quantitative estimate of drug-likeness (QED) is 0.437. The van der Waals surface area contributed by atoms with E-state index in [1.165, 1.54) is 55.6 Å². The van der Waals surface area contributed by atoms with Gasteiger partial charge >= 0.3 is 5.97 Å². The molecule has 4 rings (SSSR count). The second kappa shape index (κ2) is 8.45. The maximum absolute atomic E-state index is 12.9. The zero-order valence-corrected chi connectivity index (χ0v) is 18.0. The molecule has 1 heterocycles. The largest absolute Gasteiger partial charge is 0.465 e. The van der Waals surface area contributed by atoms with Crippen molar-refractivity contribution >= 4 is 58.3 Å². The van der Waals surface area contributed by atoms with Crippen molar-refractivity contribution in [2.45, 2.75) is 0 Å². The van der Waals surface area contributed by atoms with Crippen LogP contribution in [0.25, 0.3) is 0 Å². The van der Waals surface area contributed by atoms with Crippen molar-refractivity contribution < 1.29 is 23.9 Å². The number of imide groups is 1. The Kier molecular flexibility index (Phi) is 5.69. The van der Waals surface area contributed by atoms with Gasteiger partial charge in [0.05, 0.1) is 39.5 Å². The number of halogens is 2. The number of carbonyl (C=O) groups is 4. The van der Waals surface area contributed by atoms with Gasteiger partial charge in [0, 0.05) is 11.3 Å². The molecule has 0 aromatic heterocycles. The van der Waals surface area contributed by atoms with Crippen LogP contribution in [0.15, 0.2) is 60.7 Å². The summed E-state index contributed by atoms with van der Waals surface area (Å²) in [5.41, 5.74) is 1.55. The van der Waals surface area contributed by atoms with Crippen LogP contribution in [0.1, 0.15) is 41.4 Å². The molecular weight excluding hydrogens is 455 g/mol. The van der Waals surface area contributed by atoms with Crippen LogP contribution in [-0.2, 0) is 4.74 Å². The summed E-state index contributed by atoms with van der Waals surface area (Å²) in [6.45, 7) is 0. The van der Waals surface area contributed by atoms with E-state index >= 15 is 0 Å². The van der Waals surface area contributed by atoms with Crippen molar-refractivity contribution in [1.82, 2.24) is 0 Å². The van der Waals surface area contributed by atoms with Gasteiger partial charge in [-0.15, -0.1) is 0 Å². The topological polar surface area (TPSA) is 92.8 Å². The Balaban J connectivity index is 1.57. The molecule has 0 atom stereocenters. The van der Waals surface area contributed by atoms with E-state index in [9.17, 15) is 19.2 Å². The predicted octanol–water partition coefficient (Wildman–Crippen LogP) is 4.83. The minimum atomic E-state index is -0.569. The SMILES string of the molecule is COC(=O)c1ccc(NC(=O)c2ccc3c(c2)C(=O)N(c2ccc(Cl)c(Cl)c2)C3=O)cc1. The second-order valence-electron chi connectivity index (χ2n) is 6.83. The van der Waals surface area contributed by atoms with E-state index in [1.54, 1.807) is 12.1 Å². The molecule has 9 heteroatoms. The molecule has 0 spiro atoms. The maximum atomic E-state index is 12.9. The minimum absolute atomic E-state index is 0.106. The monoisotopic (exact) mass is 468 g/mol. The van der Waals surface area contributed by atoms with Crippen LogP contribution in [0.5, 0.6) is 0 Å². The molecule has 32 heavy (non-hydrogen) atoms. The summed E-state index contributed by atoms with van der Waals surface area (Å²) < 4.78 is 4.64. The van der Waals surface area contributed by atoms with Gasteiger partial charge in [0.25, 0.3) is 17.7 Å². The predicted molar refractivity (Wildman–Crippen MR) is 120 cm³/mol. The number of amides is 3. The lowest BCUT2D eigenvalue weighted by atomic mass is 10.1. The summed E-state index contributed by atoms with van der Waals surface area (Å²) in [5.74, 6) is -2.06. The highest BCUT2D eigenvalue weighted by atomic mass is 35.5. The van der Waals surface area contributed by atoms with Crippen LogP contribution in [0.4, 0.5) is 11.4 Å². The Labute approximate surface area is 192 Å². The number of methoxy groups -OCH3 is 1. The zero-order valence-electron chi connectivity index (χ0n) is 16.5. The first-order chi connectivity index (χ1) is 15.3. The third-order valence-corrected chi connectivity index (χ3v) is 5.61. The lowest BCUT2D eigenvalue weighted by Crippen LogP contribution is -2.29. The van der Waals surface area contributed by atoms with Crippen LogP contribution in [0.2, 0.25) is 10.0 Å². The number of carbonyl (C=O) groups excluding carboxylic acids is 4. The van der Waals surface area contributed by atoms with E-state index in [0.717, 1.165) is 4.90 Å². The third kappa shape index (κ3) is 3.84. The van der Waals surface area contributed by atoms with E-state index in [2.05, 4.69) is 10.1 Å². The van der Waals surface area contributed by atoms with Crippen molar-refractivity contribution in [3.05, 3.63) is 93.0 Å². The van der Waals surface area contributed by atoms with Crippen molar-refractivity contribution in [1.29, 1.82) is 0 Å². The van der Waals surface area contributed by atoms with E-state index in [0.29, 0.717) is 16.3 Å². The first-order valence-corrected chi connectivity index (χ1v) is 10.0. The van der Waals surface area contributed by atoms with E-state index in [-0.39, 0.29) is 27.4 Å². The average Bonchev–Trinajstić information content (AvgIpc) is 3.05. The molecule has 0 saturated heterocycles. The number of anilines is 2. The fourth-order valence-corrected chi connectivity index (χ4v) is 3.54. The van der Waals surface area contributed by atoms with Gasteiger partial charge in [-0.1, -0.05) is 23.2 Å². The highest BCUT2D eigenvalue weighted by Gasteiger charge is 2.37. The Morgan fingerprint density at radius 3 is 2.12 bits per heavy atom. The van der Waals surface area contributed by atoms with Gasteiger partial charge in [0.15, 0.2) is 0 Å². The Hall–Kier alpha value is -3.68. The smallest absolute Gasteiger partial charge is 0.337 e. The number of hydrogen-bond acceptors (Lipinski definition) is 5. The zero-order chi connectivity index (χ0) is 23.0. The van der Waals surface area contributed by atoms with Gasteiger partial charge in [-0.2, -0.15) is 0 Å². The molecule has 0 unspecified atom stereocenters. The number of nitrogens with zero attached hydrogens (tertiary/aromatic N) is 1. The number of fused-ring (bicyclic) bond motifs is 1. The molecule has 0 radical (unpaired) electrons. The molecule has 1 N–H and O–H groups in total. The Bertz CT molecular complexity index is 1290. The van der Waals surface area contributed by atoms with Crippen molar-refractivity contribution in [3.63, 3.8) is 0 Å². The molecule has 0 bridgehead atoms. The highest BCUT2D eigenvalue weighted by Crippen LogP contribution is 2.33. The molecular formula is C23H14Cl2N2O5. The van der Waals surface area contributed by atoms with Crippen LogP contribution >= 0.6 is 23.2 Å². The summed E-state index contributed by atoms with van der Waals surface area (Å²) in [6, 6.07) is 14.8. The minimum Gasteiger partial charge on any atom is -0.465 e. The summed E-state index contributed by atoms with van der Waals surface area (Å²) in [6.07, 6.45) is 0. The maximum Gasteiger partial charge on any atom is 0.337 e. The van der Waals surface area contributed by atoms with E-state index in [4.69, 9.17) is 23.2 Å². The molecule has 3 amide bonds. The molecule has 0 aliphatic carbocycles. The fraction of sp³-hybridized carbons (Fsp3) is 0.0435. The summed E-state index contributed by atoms with van der Waals surface area (Å²) >= 11 is 11.9. The van der Waals surface area contributed by atoms with Gasteiger partial charge in [-0.05, 0) is 60.7 Å². The standard InChI is InChI=1S/C23H14Cl2N2O5/c1-32-23(31)12-2-5-14(6-3-12)26-20(28)13-4-8-16-17(10-13)22(30)27(21(16)29)15-7-9-18(24)19(25)11-15/h2-11H,1H3,(H,26,28). The van der Waals surface area contributed by atoms with Crippen LogP contribution in [0, 0.1) is 0 Å². The second-order valence-corrected chi connectivity index (χ2v) is 7.64. The summed E-state index contributed by atoms with van der Waals surface area (Å²) in [5, 5.41) is 3.19. The lowest BCUT2D eigenvalue weighted by Gasteiger charge is -2.14. The molecule has 160 valence electrons. The van der Waals surface area contributed by atoms with E-state index < -0.39 is 23.7 Å². The van der Waals surface area contributed by atoms with Crippen molar-refractivity contribution in [2.75, 3.05) is 17.3 Å². The summed E-state index contributed by atoms with van der Waals surface area (Å²) in [7, 11) is 1.28. The van der Waals surface area contributed by atoms with Gasteiger partial charge in [0.2, 0.25) is 0 Å². The van der Waals surface area contributed by atoms with Gasteiger partial charge in [-0.3, -0.25) is 14.4 Å². The first-order valence-electron chi connectivity index (χ1n) is 9.28. The molecule has 7 nitrogen and oxygen atoms in total. The fourth-order valence-electron chi connectivity index (χ4n) is 3.25.